The molecular formula is C22H20FN5O2. The molecule has 4 heterocycles. The highest BCUT2D eigenvalue weighted by molar-refractivity contribution is 5.53. The van der Waals surface area contributed by atoms with E-state index in [4.69, 9.17) is 4.42 Å². The summed E-state index contributed by atoms with van der Waals surface area (Å²) in [6, 6.07) is 13.3. The normalized spacial score (nSPS) is 17.4. The highest BCUT2D eigenvalue weighted by atomic mass is 19.1. The van der Waals surface area contributed by atoms with Crippen molar-refractivity contribution >= 4 is 5.65 Å². The van der Waals surface area contributed by atoms with Crippen molar-refractivity contribution in [3.63, 3.8) is 0 Å². The van der Waals surface area contributed by atoms with Gasteiger partial charge in [-0.2, -0.15) is 0 Å². The van der Waals surface area contributed by atoms with Crippen molar-refractivity contribution in [3.8, 4) is 11.5 Å². The second-order valence-electron chi connectivity index (χ2n) is 7.42. The molecule has 0 bridgehead atoms. The summed E-state index contributed by atoms with van der Waals surface area (Å²) in [7, 11) is 0. The van der Waals surface area contributed by atoms with Gasteiger partial charge in [0.1, 0.15) is 11.5 Å². The van der Waals surface area contributed by atoms with Gasteiger partial charge in [0.05, 0.1) is 17.3 Å². The second-order valence-corrected chi connectivity index (χ2v) is 7.42. The van der Waals surface area contributed by atoms with Gasteiger partial charge in [-0.15, -0.1) is 10.2 Å². The lowest BCUT2D eigenvalue weighted by Crippen LogP contribution is -2.34. The van der Waals surface area contributed by atoms with Crippen LogP contribution in [0.15, 0.2) is 63.9 Å². The van der Waals surface area contributed by atoms with Crippen LogP contribution in [0, 0.1) is 5.82 Å². The first-order valence-corrected chi connectivity index (χ1v) is 9.99. The maximum absolute atomic E-state index is 14.1. The van der Waals surface area contributed by atoms with Crippen molar-refractivity contribution in [2.24, 2.45) is 0 Å². The zero-order valence-corrected chi connectivity index (χ0v) is 16.2. The zero-order valence-electron chi connectivity index (χ0n) is 16.2. The van der Waals surface area contributed by atoms with E-state index in [1.807, 2.05) is 12.1 Å². The molecule has 1 atom stereocenters. The Labute approximate surface area is 171 Å². The summed E-state index contributed by atoms with van der Waals surface area (Å²) >= 11 is 0. The predicted octanol–water partition coefficient (Wildman–Crippen LogP) is 3.61. The first kappa shape index (κ1) is 18.6. The molecule has 0 unspecified atom stereocenters. The molecule has 0 amide bonds. The van der Waals surface area contributed by atoms with Crippen LogP contribution in [-0.2, 0) is 6.54 Å². The summed E-state index contributed by atoms with van der Waals surface area (Å²) in [5.74, 6) is 0.246. The Kier molecular flexibility index (Phi) is 4.84. The average Bonchev–Trinajstić information content (AvgIpc) is 3.24. The molecule has 3 aromatic heterocycles. The van der Waals surface area contributed by atoms with Gasteiger partial charge in [-0.05, 0) is 43.7 Å². The van der Waals surface area contributed by atoms with Crippen LogP contribution in [0.2, 0.25) is 0 Å². The van der Waals surface area contributed by atoms with E-state index in [-0.39, 0.29) is 17.5 Å². The fourth-order valence-electron chi connectivity index (χ4n) is 3.96. The summed E-state index contributed by atoms with van der Waals surface area (Å²) in [6.07, 6.45) is 4.63. The van der Waals surface area contributed by atoms with E-state index in [0.29, 0.717) is 29.3 Å². The zero-order chi connectivity index (χ0) is 20.5. The summed E-state index contributed by atoms with van der Waals surface area (Å²) < 4.78 is 21.5. The fourth-order valence-corrected chi connectivity index (χ4v) is 3.96. The number of piperidine rings is 1. The number of aromatic nitrogens is 4. The van der Waals surface area contributed by atoms with Gasteiger partial charge < -0.3 is 4.42 Å². The maximum atomic E-state index is 14.1. The van der Waals surface area contributed by atoms with Crippen molar-refractivity contribution in [2.45, 2.75) is 31.8 Å². The number of hydrogen-bond donors (Lipinski definition) is 0. The van der Waals surface area contributed by atoms with E-state index in [1.165, 1.54) is 10.5 Å². The molecule has 0 saturated carbocycles. The van der Waals surface area contributed by atoms with Gasteiger partial charge in [0.2, 0.25) is 5.89 Å². The summed E-state index contributed by atoms with van der Waals surface area (Å²) in [5.41, 5.74) is 1.51. The number of nitrogens with zero attached hydrogens (tertiary/aromatic N) is 5. The van der Waals surface area contributed by atoms with Crippen LogP contribution in [0.1, 0.15) is 36.9 Å². The van der Waals surface area contributed by atoms with E-state index in [0.717, 1.165) is 25.8 Å². The average molecular weight is 405 g/mol. The third-order valence-corrected chi connectivity index (χ3v) is 5.43. The Bertz CT molecular complexity index is 1250. The fraction of sp³-hybridized carbons (Fsp3) is 0.273. The number of fused-ring (bicyclic) bond motifs is 1. The van der Waals surface area contributed by atoms with Crippen molar-refractivity contribution in [3.05, 3.63) is 82.5 Å². The smallest absolute Gasteiger partial charge is 0.258 e. The molecule has 0 N–H and O–H groups in total. The predicted molar refractivity (Wildman–Crippen MR) is 108 cm³/mol. The topological polar surface area (TPSA) is 76.5 Å². The number of hydrogen-bond acceptors (Lipinski definition) is 6. The molecule has 5 rings (SSSR count). The molecule has 1 aliphatic heterocycles. The van der Waals surface area contributed by atoms with Crippen LogP contribution < -0.4 is 5.56 Å². The Balaban J connectivity index is 1.43. The molecular weight excluding hydrogens is 385 g/mol. The SMILES string of the molecule is O=c1cc(CN2CCCC[C@@H]2c2nnc(-c3ccccc3F)o2)nc2ccccn12. The lowest BCUT2D eigenvalue weighted by molar-refractivity contribution is 0.117. The van der Waals surface area contributed by atoms with Crippen LogP contribution in [0.3, 0.4) is 0 Å². The van der Waals surface area contributed by atoms with E-state index in [9.17, 15) is 9.18 Å². The van der Waals surface area contributed by atoms with Crippen LogP contribution in [0.4, 0.5) is 4.39 Å². The van der Waals surface area contributed by atoms with Crippen molar-refractivity contribution in [2.75, 3.05) is 6.54 Å². The van der Waals surface area contributed by atoms with Gasteiger partial charge in [-0.25, -0.2) is 9.37 Å². The van der Waals surface area contributed by atoms with Gasteiger partial charge in [-0.1, -0.05) is 24.6 Å². The number of halogens is 1. The third kappa shape index (κ3) is 3.50. The molecule has 8 heteroatoms. The highest BCUT2D eigenvalue weighted by Gasteiger charge is 2.29. The molecule has 0 radical (unpaired) electrons. The van der Waals surface area contributed by atoms with Crippen molar-refractivity contribution in [1.29, 1.82) is 0 Å². The Hall–Kier alpha value is -3.39. The minimum Gasteiger partial charge on any atom is -0.419 e. The third-order valence-electron chi connectivity index (χ3n) is 5.43. The Morgan fingerprint density at radius 3 is 2.87 bits per heavy atom. The lowest BCUT2D eigenvalue weighted by Gasteiger charge is -2.33. The molecule has 1 aliphatic rings. The van der Waals surface area contributed by atoms with Gasteiger partial charge in [-0.3, -0.25) is 14.1 Å². The van der Waals surface area contributed by atoms with E-state index in [1.54, 1.807) is 36.5 Å². The quantitative estimate of drug-likeness (QED) is 0.516. The van der Waals surface area contributed by atoms with Gasteiger partial charge >= 0.3 is 0 Å². The van der Waals surface area contributed by atoms with Crippen molar-refractivity contribution < 1.29 is 8.81 Å². The highest BCUT2D eigenvalue weighted by Crippen LogP contribution is 2.33. The monoisotopic (exact) mass is 405 g/mol. The van der Waals surface area contributed by atoms with Crippen LogP contribution in [0.5, 0.6) is 0 Å². The largest absolute Gasteiger partial charge is 0.419 e. The molecule has 30 heavy (non-hydrogen) atoms. The number of likely N-dealkylation sites (tertiary alicyclic amines) is 1. The molecule has 1 saturated heterocycles. The minimum absolute atomic E-state index is 0.0946. The molecule has 152 valence electrons. The first-order valence-electron chi connectivity index (χ1n) is 9.99. The number of benzene rings is 1. The molecule has 7 nitrogen and oxygen atoms in total. The molecule has 0 aliphatic carbocycles. The Morgan fingerprint density at radius 2 is 1.97 bits per heavy atom. The van der Waals surface area contributed by atoms with Crippen LogP contribution in [0.25, 0.3) is 17.1 Å². The van der Waals surface area contributed by atoms with Crippen LogP contribution in [-0.4, -0.2) is 31.0 Å². The maximum Gasteiger partial charge on any atom is 0.258 e. The van der Waals surface area contributed by atoms with Gasteiger partial charge in [0.15, 0.2) is 0 Å². The summed E-state index contributed by atoms with van der Waals surface area (Å²) in [5, 5.41) is 8.27. The van der Waals surface area contributed by atoms with E-state index >= 15 is 0 Å². The Morgan fingerprint density at radius 1 is 1.10 bits per heavy atom. The van der Waals surface area contributed by atoms with Gasteiger partial charge in [0, 0.05) is 18.8 Å². The van der Waals surface area contributed by atoms with Gasteiger partial charge in [0.25, 0.3) is 11.4 Å². The lowest BCUT2D eigenvalue weighted by atomic mass is 10.0. The molecule has 0 spiro atoms. The summed E-state index contributed by atoms with van der Waals surface area (Å²) in [6.45, 7) is 1.33. The van der Waals surface area contributed by atoms with E-state index in [2.05, 4.69) is 20.1 Å². The number of pyridine rings is 1. The van der Waals surface area contributed by atoms with E-state index < -0.39 is 5.82 Å². The first-order chi connectivity index (χ1) is 14.7. The number of rotatable bonds is 4. The molecule has 1 fully saturated rings. The molecule has 1 aromatic carbocycles. The second kappa shape index (κ2) is 7.79. The van der Waals surface area contributed by atoms with Crippen molar-refractivity contribution in [1.82, 2.24) is 24.5 Å². The van der Waals surface area contributed by atoms with Crippen LogP contribution >= 0.6 is 0 Å². The minimum atomic E-state index is -0.394. The summed E-state index contributed by atoms with van der Waals surface area (Å²) in [4.78, 5) is 19.2. The molecule has 4 aromatic rings. The standard InChI is InChI=1S/C22H20FN5O2/c23-17-8-2-1-7-16(17)21-25-26-22(30-21)18-9-3-5-11-27(18)14-15-13-20(29)28-12-6-4-10-19(28)24-15/h1-2,4,6-8,10,12-13,18H,3,5,9,11,14H2/t18-/m1/s1.